The van der Waals surface area contributed by atoms with Gasteiger partial charge in [-0.3, -0.25) is 4.79 Å². The number of nitrogens with zero attached hydrogens (tertiary/aromatic N) is 1. The van der Waals surface area contributed by atoms with E-state index in [1.165, 1.54) is 25.9 Å². The minimum atomic E-state index is 0.201. The molecule has 16 heavy (non-hydrogen) atoms. The van der Waals surface area contributed by atoms with Gasteiger partial charge in [0.1, 0.15) is 0 Å². The third kappa shape index (κ3) is 3.46. The molecule has 2 fully saturated rings. The van der Waals surface area contributed by atoms with Gasteiger partial charge in [-0.2, -0.15) is 0 Å². The van der Waals surface area contributed by atoms with Crippen molar-refractivity contribution in [2.24, 2.45) is 5.92 Å². The number of amides is 1. The van der Waals surface area contributed by atoms with Crippen LogP contribution >= 0.6 is 0 Å². The highest BCUT2D eigenvalue weighted by atomic mass is 16.1. The van der Waals surface area contributed by atoms with E-state index in [-0.39, 0.29) is 11.8 Å². The van der Waals surface area contributed by atoms with Crippen molar-refractivity contribution in [2.75, 3.05) is 39.3 Å². The van der Waals surface area contributed by atoms with Crippen molar-refractivity contribution < 1.29 is 4.79 Å². The normalized spacial score (nSPS) is 26.9. The lowest BCUT2D eigenvalue weighted by Gasteiger charge is -2.22. The van der Waals surface area contributed by atoms with Crippen LogP contribution in [0.25, 0.3) is 0 Å². The van der Waals surface area contributed by atoms with Crippen molar-refractivity contribution in [3.8, 4) is 0 Å². The van der Waals surface area contributed by atoms with Crippen molar-refractivity contribution in [2.45, 2.75) is 25.7 Å². The Balaban J connectivity index is 1.59. The van der Waals surface area contributed by atoms with Crippen molar-refractivity contribution in [3.63, 3.8) is 0 Å². The molecule has 0 radical (unpaired) electrons. The largest absolute Gasteiger partial charge is 0.355 e. The molecule has 0 aromatic rings. The van der Waals surface area contributed by atoms with Crippen LogP contribution in [-0.2, 0) is 4.79 Å². The summed E-state index contributed by atoms with van der Waals surface area (Å²) >= 11 is 0. The first kappa shape index (κ1) is 11.9. The monoisotopic (exact) mass is 225 g/mol. The molecule has 1 amide bonds. The van der Waals surface area contributed by atoms with Gasteiger partial charge in [-0.15, -0.1) is 0 Å². The maximum Gasteiger partial charge on any atom is 0.224 e. The Morgan fingerprint density at radius 1 is 1.31 bits per heavy atom. The summed E-state index contributed by atoms with van der Waals surface area (Å²) in [5.41, 5.74) is 0. The molecule has 0 aromatic carbocycles. The van der Waals surface area contributed by atoms with Gasteiger partial charge in [0.25, 0.3) is 0 Å². The number of carbonyl (C=O) groups is 1. The molecule has 0 unspecified atom stereocenters. The van der Waals surface area contributed by atoms with E-state index < -0.39 is 0 Å². The summed E-state index contributed by atoms with van der Waals surface area (Å²) in [7, 11) is 0. The number of hydrogen-bond acceptors (Lipinski definition) is 3. The standard InChI is InChI=1S/C12H23N3O/c16-12(11-4-3-5-13-10-11)14-6-9-15-7-1-2-8-15/h11,13H,1-10H2,(H,14,16)/t11-/m1/s1. The number of rotatable bonds is 4. The Hall–Kier alpha value is -0.610. The molecular weight excluding hydrogens is 202 g/mol. The van der Waals surface area contributed by atoms with E-state index in [9.17, 15) is 4.79 Å². The summed E-state index contributed by atoms with van der Waals surface area (Å²) in [4.78, 5) is 14.2. The van der Waals surface area contributed by atoms with Crippen LogP contribution in [-0.4, -0.2) is 50.1 Å². The maximum atomic E-state index is 11.8. The summed E-state index contributed by atoms with van der Waals surface area (Å²) in [6, 6.07) is 0. The van der Waals surface area contributed by atoms with Gasteiger partial charge >= 0.3 is 0 Å². The van der Waals surface area contributed by atoms with E-state index in [1.54, 1.807) is 0 Å². The second-order valence-electron chi connectivity index (χ2n) is 4.88. The molecule has 2 saturated heterocycles. The molecule has 1 atom stereocenters. The smallest absolute Gasteiger partial charge is 0.224 e. The van der Waals surface area contributed by atoms with Crippen molar-refractivity contribution in [1.82, 2.24) is 15.5 Å². The minimum Gasteiger partial charge on any atom is -0.355 e. The van der Waals surface area contributed by atoms with E-state index in [0.29, 0.717) is 0 Å². The molecule has 2 rings (SSSR count). The third-order valence-corrected chi connectivity index (χ3v) is 3.59. The zero-order chi connectivity index (χ0) is 11.2. The number of carbonyl (C=O) groups excluding carboxylic acids is 1. The van der Waals surface area contributed by atoms with Gasteiger partial charge in [0, 0.05) is 19.6 Å². The van der Waals surface area contributed by atoms with Gasteiger partial charge in [0.15, 0.2) is 0 Å². The van der Waals surface area contributed by atoms with Crippen molar-refractivity contribution in [1.29, 1.82) is 0 Å². The Morgan fingerprint density at radius 3 is 2.81 bits per heavy atom. The fourth-order valence-electron chi connectivity index (χ4n) is 2.56. The molecular formula is C12H23N3O. The molecule has 4 heteroatoms. The lowest BCUT2D eigenvalue weighted by Crippen LogP contribution is -2.42. The molecule has 0 spiro atoms. The van der Waals surface area contributed by atoms with Gasteiger partial charge in [-0.25, -0.2) is 0 Å². The number of likely N-dealkylation sites (tertiary alicyclic amines) is 1. The summed E-state index contributed by atoms with van der Waals surface area (Å²) < 4.78 is 0. The van der Waals surface area contributed by atoms with Gasteiger partial charge in [-0.05, 0) is 45.3 Å². The van der Waals surface area contributed by atoms with Crippen LogP contribution in [0, 0.1) is 5.92 Å². The Morgan fingerprint density at radius 2 is 2.12 bits per heavy atom. The second-order valence-corrected chi connectivity index (χ2v) is 4.88. The first-order valence-corrected chi connectivity index (χ1v) is 6.57. The Kier molecular flexibility index (Phi) is 4.60. The second kappa shape index (κ2) is 6.21. The molecule has 2 N–H and O–H groups in total. The number of piperidine rings is 1. The molecule has 4 nitrogen and oxygen atoms in total. The van der Waals surface area contributed by atoms with Crippen LogP contribution in [0.15, 0.2) is 0 Å². The van der Waals surface area contributed by atoms with Gasteiger partial charge < -0.3 is 15.5 Å². The minimum absolute atomic E-state index is 0.201. The van der Waals surface area contributed by atoms with Crippen LogP contribution in [0.1, 0.15) is 25.7 Å². The molecule has 2 heterocycles. The lowest BCUT2D eigenvalue weighted by atomic mass is 9.99. The van der Waals surface area contributed by atoms with E-state index in [1.807, 2.05) is 0 Å². The first-order valence-electron chi connectivity index (χ1n) is 6.57. The van der Waals surface area contributed by atoms with Crippen molar-refractivity contribution in [3.05, 3.63) is 0 Å². The average molecular weight is 225 g/mol. The quantitative estimate of drug-likeness (QED) is 0.718. The highest BCUT2D eigenvalue weighted by Gasteiger charge is 2.20. The molecule has 0 bridgehead atoms. The highest BCUT2D eigenvalue weighted by molar-refractivity contribution is 5.78. The van der Waals surface area contributed by atoms with Crippen LogP contribution in [0.5, 0.6) is 0 Å². The predicted molar refractivity (Wildman–Crippen MR) is 64.3 cm³/mol. The number of nitrogens with one attached hydrogen (secondary N) is 2. The molecule has 0 aliphatic carbocycles. The topological polar surface area (TPSA) is 44.4 Å². The lowest BCUT2D eigenvalue weighted by molar-refractivity contribution is -0.125. The molecule has 0 aromatic heterocycles. The van der Waals surface area contributed by atoms with E-state index in [2.05, 4.69) is 15.5 Å². The van der Waals surface area contributed by atoms with Gasteiger partial charge in [0.2, 0.25) is 5.91 Å². The molecule has 0 saturated carbocycles. The van der Waals surface area contributed by atoms with E-state index in [0.717, 1.165) is 39.0 Å². The third-order valence-electron chi connectivity index (χ3n) is 3.59. The average Bonchev–Trinajstić information content (AvgIpc) is 2.83. The number of hydrogen-bond donors (Lipinski definition) is 2. The van der Waals surface area contributed by atoms with Gasteiger partial charge in [0.05, 0.1) is 5.92 Å². The summed E-state index contributed by atoms with van der Waals surface area (Å²) in [5, 5.41) is 6.33. The summed E-state index contributed by atoms with van der Waals surface area (Å²) in [6.45, 7) is 6.18. The molecule has 2 aliphatic heterocycles. The zero-order valence-electron chi connectivity index (χ0n) is 10.0. The van der Waals surface area contributed by atoms with Crippen LogP contribution in [0.2, 0.25) is 0 Å². The van der Waals surface area contributed by atoms with Crippen LogP contribution in [0.3, 0.4) is 0 Å². The maximum absolute atomic E-state index is 11.8. The van der Waals surface area contributed by atoms with Crippen LogP contribution in [0.4, 0.5) is 0 Å². The molecule has 92 valence electrons. The van der Waals surface area contributed by atoms with Crippen LogP contribution < -0.4 is 10.6 Å². The Labute approximate surface area is 97.8 Å². The van der Waals surface area contributed by atoms with Gasteiger partial charge in [-0.1, -0.05) is 0 Å². The Bertz CT molecular complexity index is 220. The predicted octanol–water partition coefficient (Wildman–Crippen LogP) is 0.198. The SMILES string of the molecule is O=C(NCCN1CCCC1)[C@@H]1CCCNC1. The fourth-order valence-corrected chi connectivity index (χ4v) is 2.56. The highest BCUT2D eigenvalue weighted by Crippen LogP contribution is 2.09. The van der Waals surface area contributed by atoms with Crippen molar-refractivity contribution >= 4 is 5.91 Å². The first-order chi connectivity index (χ1) is 7.86. The summed E-state index contributed by atoms with van der Waals surface area (Å²) in [6.07, 6.45) is 4.81. The molecule has 2 aliphatic rings. The zero-order valence-corrected chi connectivity index (χ0v) is 10.0. The van der Waals surface area contributed by atoms with E-state index >= 15 is 0 Å². The fraction of sp³-hybridized carbons (Fsp3) is 0.917. The summed E-state index contributed by atoms with van der Waals surface area (Å²) in [5.74, 6) is 0.443. The van der Waals surface area contributed by atoms with E-state index in [4.69, 9.17) is 0 Å².